The predicted molar refractivity (Wildman–Crippen MR) is 106 cm³/mol. The third-order valence-corrected chi connectivity index (χ3v) is 5.52. The Morgan fingerprint density at radius 3 is 2.64 bits per heavy atom. The van der Waals surface area contributed by atoms with Crippen LogP contribution in [0.2, 0.25) is 5.02 Å². The number of hydrogen-bond acceptors (Lipinski definition) is 4. The van der Waals surface area contributed by atoms with Gasteiger partial charge in [0.25, 0.3) is 11.8 Å². The Kier molecular flexibility index (Phi) is 4.73. The molecule has 1 aliphatic rings. The number of aryl methyl sites for hydroxylation is 1. The Morgan fingerprint density at radius 1 is 1.21 bits per heavy atom. The van der Waals surface area contributed by atoms with Crippen molar-refractivity contribution in [2.75, 3.05) is 7.11 Å². The number of aromatic nitrogens is 1. The first-order valence-electron chi connectivity index (χ1n) is 8.91. The molecule has 0 saturated heterocycles. The Balaban J connectivity index is 1.92. The largest absolute Gasteiger partial charge is 0.497 e. The molecule has 0 spiro atoms. The van der Waals surface area contributed by atoms with Gasteiger partial charge in [0.2, 0.25) is 0 Å². The molecule has 2 aromatic carbocycles. The highest BCUT2D eigenvalue weighted by Gasteiger charge is 2.34. The third-order valence-electron chi connectivity index (χ3n) is 5.27. The van der Waals surface area contributed by atoms with Crippen LogP contribution in [0.5, 0.6) is 5.75 Å². The molecule has 0 unspecified atom stereocenters. The molecule has 6 nitrogen and oxygen atoms in total. The predicted octanol–water partition coefficient (Wildman–Crippen LogP) is 4.70. The van der Waals surface area contributed by atoms with Crippen molar-refractivity contribution in [2.45, 2.75) is 25.2 Å². The summed E-state index contributed by atoms with van der Waals surface area (Å²) in [5.41, 5.74) is 3.03. The van der Waals surface area contributed by atoms with Gasteiger partial charge in [-0.05, 0) is 60.9 Å². The van der Waals surface area contributed by atoms with Gasteiger partial charge in [0.05, 0.1) is 12.6 Å². The second-order valence-corrected chi connectivity index (χ2v) is 7.26. The van der Waals surface area contributed by atoms with E-state index >= 15 is 0 Å². The molecule has 1 atom stereocenters. The molecule has 3 aromatic rings. The fraction of sp³-hybridized carbons (Fsp3) is 0.238. The minimum absolute atomic E-state index is 0.00213. The Morgan fingerprint density at radius 2 is 1.96 bits per heavy atom. The van der Waals surface area contributed by atoms with Crippen LogP contribution in [0.25, 0.3) is 10.9 Å². The molecule has 1 aromatic heterocycles. The van der Waals surface area contributed by atoms with Crippen LogP contribution in [-0.2, 0) is 11.2 Å². The lowest BCUT2D eigenvalue weighted by atomic mass is 10.0. The van der Waals surface area contributed by atoms with Crippen LogP contribution in [0.15, 0.2) is 47.6 Å². The van der Waals surface area contributed by atoms with Crippen molar-refractivity contribution in [2.24, 2.45) is 5.18 Å². The average molecular weight is 397 g/mol. The number of rotatable bonds is 4. The smallest absolute Gasteiger partial charge is 0.287 e. The van der Waals surface area contributed by atoms with E-state index in [9.17, 15) is 14.5 Å². The van der Waals surface area contributed by atoms with E-state index in [-0.39, 0.29) is 18.2 Å². The average Bonchev–Trinajstić information content (AvgIpc) is 3.25. The number of ether oxygens (including phenoxy) is 1. The summed E-state index contributed by atoms with van der Waals surface area (Å²) in [6.07, 6.45) is 1.40. The van der Waals surface area contributed by atoms with Gasteiger partial charge in [-0.1, -0.05) is 11.6 Å². The lowest BCUT2D eigenvalue weighted by Crippen LogP contribution is -2.17. The van der Waals surface area contributed by atoms with Gasteiger partial charge in [0.15, 0.2) is 0 Å². The van der Waals surface area contributed by atoms with Gasteiger partial charge in [-0.3, -0.25) is 14.2 Å². The molecule has 0 saturated carbocycles. The number of amides is 1. The van der Waals surface area contributed by atoms with E-state index in [4.69, 9.17) is 16.3 Å². The van der Waals surface area contributed by atoms with E-state index in [2.05, 4.69) is 5.18 Å². The van der Waals surface area contributed by atoms with Crippen LogP contribution in [0, 0.1) is 4.91 Å². The van der Waals surface area contributed by atoms with E-state index < -0.39 is 5.91 Å². The topological polar surface area (TPSA) is 77.7 Å². The summed E-state index contributed by atoms with van der Waals surface area (Å²) in [6, 6.07) is 12.2. The Labute approximate surface area is 166 Å². The number of benzene rings is 2. The van der Waals surface area contributed by atoms with Crippen molar-refractivity contribution in [3.63, 3.8) is 0 Å². The molecule has 1 aliphatic carbocycles. The van der Waals surface area contributed by atoms with Crippen LogP contribution < -0.4 is 4.74 Å². The Hall–Kier alpha value is -2.99. The van der Waals surface area contributed by atoms with Gasteiger partial charge in [-0.15, -0.1) is 4.91 Å². The number of methoxy groups -OCH3 is 1. The van der Waals surface area contributed by atoms with E-state index in [0.717, 1.165) is 28.6 Å². The van der Waals surface area contributed by atoms with Crippen LogP contribution in [-0.4, -0.2) is 23.5 Å². The molecule has 1 heterocycles. The van der Waals surface area contributed by atoms with Gasteiger partial charge in [0, 0.05) is 39.2 Å². The summed E-state index contributed by atoms with van der Waals surface area (Å²) in [6.45, 7) is 0. The molecule has 4 rings (SSSR count). The first-order chi connectivity index (χ1) is 13.5. The van der Waals surface area contributed by atoms with Gasteiger partial charge in [-0.25, -0.2) is 0 Å². The highest BCUT2D eigenvalue weighted by molar-refractivity contribution is 6.30. The number of hydrogen-bond donors (Lipinski definition) is 0. The molecule has 0 N–H and O–H groups in total. The molecule has 0 bridgehead atoms. The number of carbonyl (C=O) groups is 2. The van der Waals surface area contributed by atoms with E-state index in [1.165, 1.54) is 0 Å². The lowest BCUT2D eigenvalue weighted by molar-refractivity contribution is -0.118. The molecular weight excluding hydrogens is 380 g/mol. The molecule has 0 radical (unpaired) electrons. The second-order valence-electron chi connectivity index (χ2n) is 6.82. The summed E-state index contributed by atoms with van der Waals surface area (Å²) in [4.78, 5) is 35.7. The van der Waals surface area contributed by atoms with Crippen LogP contribution in [0.4, 0.5) is 0 Å². The van der Waals surface area contributed by atoms with Crippen molar-refractivity contribution >= 4 is 34.3 Å². The zero-order chi connectivity index (χ0) is 19.8. The van der Waals surface area contributed by atoms with Gasteiger partial charge < -0.3 is 4.74 Å². The van der Waals surface area contributed by atoms with Gasteiger partial charge >= 0.3 is 0 Å². The second kappa shape index (κ2) is 7.20. The van der Waals surface area contributed by atoms with Crippen molar-refractivity contribution < 1.29 is 14.3 Å². The molecular formula is C21H17ClN2O4. The van der Waals surface area contributed by atoms with E-state index in [0.29, 0.717) is 22.8 Å². The Bertz CT molecular complexity index is 1100. The summed E-state index contributed by atoms with van der Waals surface area (Å²) in [5, 5.41) is 4.00. The highest BCUT2D eigenvalue weighted by Crippen LogP contribution is 2.43. The number of carbonyl (C=O) groups excluding carboxylic acids is 2. The summed E-state index contributed by atoms with van der Waals surface area (Å²) in [7, 11) is 1.59. The van der Waals surface area contributed by atoms with Crippen molar-refractivity contribution in [1.29, 1.82) is 0 Å². The maximum Gasteiger partial charge on any atom is 0.287 e. The third kappa shape index (κ3) is 2.99. The monoisotopic (exact) mass is 396 g/mol. The number of nitrogens with zero attached hydrogens (tertiary/aromatic N) is 2. The van der Waals surface area contributed by atoms with Crippen LogP contribution in [0.3, 0.4) is 0 Å². The zero-order valence-electron chi connectivity index (χ0n) is 15.1. The quantitative estimate of drug-likeness (QED) is 0.598. The highest BCUT2D eigenvalue weighted by atomic mass is 35.5. The minimum atomic E-state index is -0.703. The summed E-state index contributed by atoms with van der Waals surface area (Å²) in [5.74, 6) is -0.437. The first kappa shape index (κ1) is 18.4. The number of fused-ring (bicyclic) bond motifs is 3. The molecule has 28 heavy (non-hydrogen) atoms. The minimum Gasteiger partial charge on any atom is -0.497 e. The molecule has 7 heteroatoms. The van der Waals surface area contributed by atoms with E-state index in [1.54, 1.807) is 42.0 Å². The molecule has 142 valence electrons. The fourth-order valence-corrected chi connectivity index (χ4v) is 4.14. The van der Waals surface area contributed by atoms with Crippen molar-refractivity contribution in [3.05, 3.63) is 69.2 Å². The first-order valence-corrected chi connectivity index (χ1v) is 9.29. The van der Waals surface area contributed by atoms with Crippen LogP contribution >= 0.6 is 11.6 Å². The maximum atomic E-state index is 13.4. The molecule has 0 aliphatic heterocycles. The standard InChI is InChI=1S/C21H17ClN2O4/c1-28-15-7-9-18-17(11-15)16-8-4-13(10-19(25)23-27)20(16)24(18)21(26)12-2-5-14(22)6-3-12/h2-3,5-7,9,11,13H,4,8,10H2,1H3/t13-/m0/s1. The summed E-state index contributed by atoms with van der Waals surface area (Å²) < 4.78 is 6.99. The van der Waals surface area contributed by atoms with Gasteiger partial charge in [0.1, 0.15) is 5.75 Å². The number of nitroso groups, excluding NO2 is 1. The van der Waals surface area contributed by atoms with E-state index in [1.807, 2.05) is 12.1 Å². The lowest BCUT2D eigenvalue weighted by Gasteiger charge is -2.14. The maximum absolute atomic E-state index is 13.4. The van der Waals surface area contributed by atoms with Crippen molar-refractivity contribution in [3.8, 4) is 5.75 Å². The molecule has 1 amide bonds. The van der Waals surface area contributed by atoms with Crippen LogP contribution in [0.1, 0.15) is 40.4 Å². The van der Waals surface area contributed by atoms with Crippen molar-refractivity contribution in [1.82, 2.24) is 4.57 Å². The fourth-order valence-electron chi connectivity index (χ4n) is 4.02. The SMILES string of the molecule is COc1ccc2c(c1)c1c(n2C(=O)c2ccc(Cl)cc2)[C@H](CC(=O)N=O)CC1. The van der Waals surface area contributed by atoms with Gasteiger partial charge in [-0.2, -0.15) is 0 Å². The normalized spacial score (nSPS) is 15.4. The zero-order valence-corrected chi connectivity index (χ0v) is 15.9. The molecule has 0 fully saturated rings. The number of halogens is 1. The summed E-state index contributed by atoms with van der Waals surface area (Å²) >= 11 is 5.95.